The number of H-pyrrole nitrogens is 1. The number of aromatic nitrogens is 3. The molecule has 1 N–H and O–H groups in total. The Morgan fingerprint density at radius 2 is 2.11 bits per heavy atom. The van der Waals surface area contributed by atoms with Crippen molar-refractivity contribution in [1.29, 1.82) is 0 Å². The largest absolute Gasteiger partial charge is 0.497 e. The van der Waals surface area contributed by atoms with Crippen LogP contribution in [-0.4, -0.2) is 46.2 Å². The number of hydrogen-bond acceptors (Lipinski definition) is 4. The Bertz CT molecular complexity index is 795. The fourth-order valence-corrected chi connectivity index (χ4v) is 4.50. The van der Waals surface area contributed by atoms with E-state index in [4.69, 9.17) is 9.72 Å². The lowest BCUT2D eigenvalue weighted by atomic mass is 9.62. The molecule has 1 aliphatic heterocycles. The van der Waals surface area contributed by atoms with Gasteiger partial charge in [0.25, 0.3) is 0 Å². The van der Waals surface area contributed by atoms with Crippen LogP contribution in [-0.2, 0) is 17.6 Å². The van der Waals surface area contributed by atoms with Crippen molar-refractivity contribution in [3.8, 4) is 5.75 Å². The summed E-state index contributed by atoms with van der Waals surface area (Å²) in [6.45, 7) is 3.72. The molecule has 27 heavy (non-hydrogen) atoms. The summed E-state index contributed by atoms with van der Waals surface area (Å²) in [7, 11) is 1.65. The summed E-state index contributed by atoms with van der Waals surface area (Å²) in [6, 6.07) is 7.75. The van der Waals surface area contributed by atoms with Gasteiger partial charge < -0.3 is 9.64 Å². The molecule has 144 valence electrons. The molecule has 1 saturated carbocycles. The van der Waals surface area contributed by atoms with Crippen LogP contribution in [0.25, 0.3) is 0 Å². The van der Waals surface area contributed by atoms with E-state index in [9.17, 15) is 4.79 Å². The maximum atomic E-state index is 12.9. The van der Waals surface area contributed by atoms with E-state index in [-0.39, 0.29) is 17.2 Å². The number of nitrogens with one attached hydrogen (secondary N) is 1. The molecule has 1 atom stereocenters. The molecule has 0 bridgehead atoms. The number of hydrogen-bond donors (Lipinski definition) is 1. The van der Waals surface area contributed by atoms with Crippen LogP contribution in [0, 0.1) is 5.41 Å². The van der Waals surface area contributed by atoms with Gasteiger partial charge in [-0.05, 0) is 42.4 Å². The van der Waals surface area contributed by atoms with Crippen LogP contribution in [0.15, 0.2) is 24.3 Å². The van der Waals surface area contributed by atoms with Gasteiger partial charge in [-0.15, -0.1) is 0 Å². The van der Waals surface area contributed by atoms with Crippen molar-refractivity contribution >= 4 is 5.91 Å². The predicted octanol–water partition coefficient (Wildman–Crippen LogP) is 3.10. The van der Waals surface area contributed by atoms with Gasteiger partial charge in [0.05, 0.1) is 13.5 Å². The van der Waals surface area contributed by atoms with Crippen molar-refractivity contribution in [2.24, 2.45) is 5.41 Å². The second-order valence-electron chi connectivity index (χ2n) is 7.96. The summed E-state index contributed by atoms with van der Waals surface area (Å²) in [5.41, 5.74) is 1.20. The molecule has 1 aromatic heterocycles. The Morgan fingerprint density at radius 3 is 2.74 bits per heavy atom. The van der Waals surface area contributed by atoms with Gasteiger partial charge in [0.15, 0.2) is 5.82 Å². The molecule has 1 amide bonds. The summed E-state index contributed by atoms with van der Waals surface area (Å²) < 4.78 is 5.19. The first-order chi connectivity index (χ1) is 13.1. The number of ether oxygens (including phenoxy) is 1. The monoisotopic (exact) mass is 368 g/mol. The summed E-state index contributed by atoms with van der Waals surface area (Å²) in [5, 5.41) is 7.59. The van der Waals surface area contributed by atoms with E-state index in [0.29, 0.717) is 6.42 Å². The number of amides is 1. The van der Waals surface area contributed by atoms with E-state index in [1.165, 1.54) is 19.3 Å². The zero-order chi connectivity index (χ0) is 18.9. The van der Waals surface area contributed by atoms with Crippen molar-refractivity contribution in [2.75, 3.05) is 20.2 Å². The Kier molecular flexibility index (Phi) is 4.89. The van der Waals surface area contributed by atoms with Crippen LogP contribution >= 0.6 is 0 Å². The highest BCUT2D eigenvalue weighted by molar-refractivity contribution is 5.79. The van der Waals surface area contributed by atoms with Crippen molar-refractivity contribution in [3.05, 3.63) is 41.5 Å². The van der Waals surface area contributed by atoms with E-state index >= 15 is 0 Å². The number of rotatable bonds is 6. The van der Waals surface area contributed by atoms with Crippen LogP contribution in [0.1, 0.15) is 55.7 Å². The molecule has 1 saturated heterocycles. The number of likely N-dealkylation sites (tertiary alicyclic amines) is 1. The number of benzene rings is 1. The minimum absolute atomic E-state index is 0.182. The van der Waals surface area contributed by atoms with Gasteiger partial charge in [-0.3, -0.25) is 9.89 Å². The molecule has 1 aliphatic carbocycles. The third-order valence-electron chi connectivity index (χ3n) is 6.21. The summed E-state index contributed by atoms with van der Waals surface area (Å²) in [6.07, 6.45) is 5.98. The van der Waals surface area contributed by atoms with Crippen LogP contribution in [0.2, 0.25) is 0 Å². The lowest BCUT2D eigenvalue weighted by Gasteiger charge is -2.41. The summed E-state index contributed by atoms with van der Waals surface area (Å²) in [5.74, 6) is 3.13. The maximum absolute atomic E-state index is 12.9. The molecule has 2 heterocycles. The summed E-state index contributed by atoms with van der Waals surface area (Å²) >= 11 is 0. The van der Waals surface area contributed by atoms with E-state index in [0.717, 1.165) is 48.9 Å². The van der Waals surface area contributed by atoms with Crippen molar-refractivity contribution in [3.63, 3.8) is 0 Å². The van der Waals surface area contributed by atoms with E-state index in [1.807, 2.05) is 29.2 Å². The molecule has 0 radical (unpaired) electrons. The second kappa shape index (κ2) is 7.33. The van der Waals surface area contributed by atoms with Crippen molar-refractivity contribution in [2.45, 2.75) is 51.4 Å². The molecule has 1 unspecified atom stereocenters. The number of carbonyl (C=O) groups is 1. The van der Waals surface area contributed by atoms with Crippen molar-refractivity contribution < 1.29 is 9.53 Å². The topological polar surface area (TPSA) is 71.1 Å². The average molecular weight is 368 g/mol. The van der Waals surface area contributed by atoms with Crippen LogP contribution < -0.4 is 4.74 Å². The SMILES string of the molecule is CCCc1nc(C2CN(C(=O)Cc3ccc(OC)cc3)CC23CCC3)n[nH]1. The predicted molar refractivity (Wildman–Crippen MR) is 103 cm³/mol. The Morgan fingerprint density at radius 1 is 1.33 bits per heavy atom. The Labute approximate surface area is 160 Å². The first-order valence-electron chi connectivity index (χ1n) is 9.95. The van der Waals surface area contributed by atoms with Crippen LogP contribution in [0.3, 0.4) is 0 Å². The van der Waals surface area contributed by atoms with Gasteiger partial charge in [-0.25, -0.2) is 4.98 Å². The standard InChI is InChI=1S/C21H28N4O2/c1-3-5-18-22-20(24-23-18)17-13-25(14-21(17)10-4-11-21)19(26)12-15-6-8-16(27-2)9-7-15/h6-9,17H,3-5,10-14H2,1-2H3,(H,22,23,24). The first kappa shape index (κ1) is 18.0. The zero-order valence-electron chi connectivity index (χ0n) is 16.2. The van der Waals surface area contributed by atoms with Gasteiger partial charge in [0.2, 0.25) is 5.91 Å². The fourth-order valence-electron chi connectivity index (χ4n) is 4.50. The number of carbonyl (C=O) groups excluding carboxylic acids is 1. The minimum Gasteiger partial charge on any atom is -0.497 e. The second-order valence-corrected chi connectivity index (χ2v) is 7.96. The van der Waals surface area contributed by atoms with E-state index in [2.05, 4.69) is 17.1 Å². The highest BCUT2D eigenvalue weighted by Gasteiger charge is 2.53. The smallest absolute Gasteiger partial charge is 0.227 e. The van der Waals surface area contributed by atoms with Crippen LogP contribution in [0.5, 0.6) is 5.75 Å². The molecule has 1 aromatic carbocycles. The molecule has 2 fully saturated rings. The quantitative estimate of drug-likeness (QED) is 0.850. The highest BCUT2D eigenvalue weighted by Crippen LogP contribution is 2.55. The third kappa shape index (κ3) is 3.45. The van der Waals surface area contributed by atoms with Gasteiger partial charge in [0, 0.05) is 25.4 Å². The summed E-state index contributed by atoms with van der Waals surface area (Å²) in [4.78, 5) is 19.7. The first-order valence-corrected chi connectivity index (χ1v) is 9.95. The van der Waals surface area contributed by atoms with Crippen molar-refractivity contribution in [1.82, 2.24) is 20.1 Å². The molecule has 1 spiro atoms. The van der Waals surface area contributed by atoms with E-state index < -0.39 is 0 Å². The highest BCUT2D eigenvalue weighted by atomic mass is 16.5. The normalized spacial score (nSPS) is 20.7. The van der Waals surface area contributed by atoms with Gasteiger partial charge in [0.1, 0.15) is 11.6 Å². The molecule has 2 aliphatic rings. The molecular formula is C21H28N4O2. The number of nitrogens with zero attached hydrogens (tertiary/aromatic N) is 3. The number of methoxy groups -OCH3 is 1. The fraction of sp³-hybridized carbons (Fsp3) is 0.571. The number of aryl methyl sites for hydroxylation is 1. The molecule has 6 nitrogen and oxygen atoms in total. The lowest BCUT2D eigenvalue weighted by molar-refractivity contribution is -0.130. The average Bonchev–Trinajstić information content (AvgIpc) is 3.27. The third-order valence-corrected chi connectivity index (χ3v) is 6.21. The molecule has 4 rings (SSSR count). The number of aromatic amines is 1. The molecule has 6 heteroatoms. The lowest BCUT2D eigenvalue weighted by Crippen LogP contribution is -2.38. The zero-order valence-corrected chi connectivity index (χ0v) is 16.2. The van der Waals surface area contributed by atoms with Gasteiger partial charge >= 0.3 is 0 Å². The maximum Gasteiger partial charge on any atom is 0.227 e. The van der Waals surface area contributed by atoms with Crippen LogP contribution in [0.4, 0.5) is 0 Å². The van der Waals surface area contributed by atoms with Gasteiger partial charge in [-0.2, -0.15) is 5.10 Å². The van der Waals surface area contributed by atoms with E-state index in [1.54, 1.807) is 7.11 Å². The molecular weight excluding hydrogens is 340 g/mol. The Balaban J connectivity index is 1.46. The molecule has 2 aromatic rings. The minimum atomic E-state index is 0.182. The van der Waals surface area contributed by atoms with Gasteiger partial charge in [-0.1, -0.05) is 25.5 Å². The Hall–Kier alpha value is -2.37.